The standard InChI is InChI=1S/C28H31N3O2/c1-20-10-8-11-21(18-20)19-30-27(32)24-16-9-17-31(24)28(33)26(29)25(22-12-4-2-5-13-22)23-14-6-3-7-15-23/h2-8,10-15,18,24-26H,9,16-17,19,29H2,1H3,(H,30,32)/t24?,26-/m1/s1. The summed E-state index contributed by atoms with van der Waals surface area (Å²) in [6.45, 7) is 3.02. The highest BCUT2D eigenvalue weighted by Gasteiger charge is 2.39. The fourth-order valence-electron chi connectivity index (χ4n) is 4.69. The molecule has 1 aliphatic heterocycles. The molecule has 4 rings (SSSR count). The van der Waals surface area contributed by atoms with E-state index < -0.39 is 12.1 Å². The molecule has 1 unspecified atom stereocenters. The Balaban J connectivity index is 1.50. The molecule has 3 N–H and O–H groups in total. The molecule has 3 aromatic carbocycles. The van der Waals surface area contributed by atoms with Crippen LogP contribution in [0.2, 0.25) is 0 Å². The molecule has 1 saturated heterocycles. The Morgan fingerprint density at radius 2 is 1.61 bits per heavy atom. The van der Waals surface area contributed by atoms with Crippen molar-refractivity contribution in [3.8, 4) is 0 Å². The molecular weight excluding hydrogens is 410 g/mol. The van der Waals surface area contributed by atoms with E-state index in [9.17, 15) is 9.59 Å². The van der Waals surface area contributed by atoms with Crippen LogP contribution in [-0.2, 0) is 16.1 Å². The highest BCUT2D eigenvalue weighted by atomic mass is 16.2. The van der Waals surface area contributed by atoms with Gasteiger partial charge < -0.3 is 16.0 Å². The zero-order valence-electron chi connectivity index (χ0n) is 19.0. The van der Waals surface area contributed by atoms with E-state index in [0.717, 1.165) is 28.7 Å². The minimum atomic E-state index is -0.778. The number of likely N-dealkylation sites (tertiary alicyclic amines) is 1. The molecule has 170 valence electrons. The molecule has 1 aliphatic rings. The lowest BCUT2D eigenvalue weighted by atomic mass is 9.84. The van der Waals surface area contributed by atoms with Gasteiger partial charge in [0.25, 0.3) is 0 Å². The number of amides is 2. The van der Waals surface area contributed by atoms with Crippen LogP contribution in [0.5, 0.6) is 0 Å². The summed E-state index contributed by atoms with van der Waals surface area (Å²) in [4.78, 5) is 28.3. The summed E-state index contributed by atoms with van der Waals surface area (Å²) in [6.07, 6.45) is 1.45. The van der Waals surface area contributed by atoms with Gasteiger partial charge in [0.1, 0.15) is 6.04 Å². The van der Waals surface area contributed by atoms with Crippen molar-refractivity contribution >= 4 is 11.8 Å². The first kappa shape index (κ1) is 22.7. The number of aryl methyl sites for hydroxylation is 1. The summed E-state index contributed by atoms with van der Waals surface area (Å²) in [5.41, 5.74) is 10.8. The Hall–Kier alpha value is -3.44. The first-order chi connectivity index (χ1) is 16.0. The summed E-state index contributed by atoms with van der Waals surface area (Å²) in [7, 11) is 0. The van der Waals surface area contributed by atoms with E-state index in [1.54, 1.807) is 4.90 Å². The lowest BCUT2D eigenvalue weighted by Crippen LogP contribution is -2.52. The van der Waals surface area contributed by atoms with E-state index in [-0.39, 0.29) is 17.7 Å². The number of rotatable bonds is 7. The van der Waals surface area contributed by atoms with Crippen molar-refractivity contribution in [3.63, 3.8) is 0 Å². The van der Waals surface area contributed by atoms with E-state index >= 15 is 0 Å². The average molecular weight is 442 g/mol. The second-order valence-corrected chi connectivity index (χ2v) is 8.72. The van der Waals surface area contributed by atoms with Gasteiger partial charge in [-0.15, -0.1) is 0 Å². The Labute approximate surface area is 195 Å². The van der Waals surface area contributed by atoms with Gasteiger partial charge in [-0.2, -0.15) is 0 Å². The van der Waals surface area contributed by atoms with E-state index in [1.807, 2.05) is 85.8 Å². The van der Waals surface area contributed by atoms with Gasteiger partial charge in [-0.1, -0.05) is 90.5 Å². The van der Waals surface area contributed by atoms with Gasteiger partial charge in [-0.25, -0.2) is 0 Å². The van der Waals surface area contributed by atoms with Gasteiger partial charge in [0.2, 0.25) is 11.8 Å². The third-order valence-electron chi connectivity index (χ3n) is 6.35. The Kier molecular flexibility index (Phi) is 7.20. The van der Waals surface area contributed by atoms with Crippen molar-refractivity contribution in [2.45, 2.75) is 44.3 Å². The molecule has 0 radical (unpaired) electrons. The second-order valence-electron chi connectivity index (χ2n) is 8.72. The summed E-state index contributed by atoms with van der Waals surface area (Å²) >= 11 is 0. The van der Waals surface area contributed by atoms with Crippen molar-refractivity contribution < 1.29 is 9.59 Å². The smallest absolute Gasteiger partial charge is 0.243 e. The Morgan fingerprint density at radius 3 is 2.21 bits per heavy atom. The second kappa shape index (κ2) is 10.5. The number of benzene rings is 3. The number of carbonyl (C=O) groups excluding carboxylic acids is 2. The largest absolute Gasteiger partial charge is 0.350 e. The first-order valence-corrected chi connectivity index (χ1v) is 11.5. The number of carbonyl (C=O) groups is 2. The van der Waals surface area contributed by atoms with Crippen LogP contribution in [0.15, 0.2) is 84.9 Å². The quantitative estimate of drug-likeness (QED) is 0.586. The molecule has 1 fully saturated rings. The van der Waals surface area contributed by atoms with Crippen molar-refractivity contribution in [3.05, 3.63) is 107 Å². The highest BCUT2D eigenvalue weighted by Crippen LogP contribution is 2.30. The first-order valence-electron chi connectivity index (χ1n) is 11.5. The Bertz CT molecular complexity index is 1050. The van der Waals surface area contributed by atoms with Gasteiger partial charge in [-0.3, -0.25) is 9.59 Å². The number of hydrogen-bond acceptors (Lipinski definition) is 3. The number of nitrogens with one attached hydrogen (secondary N) is 1. The van der Waals surface area contributed by atoms with Gasteiger partial charge in [0.05, 0.1) is 6.04 Å². The SMILES string of the molecule is Cc1cccc(CNC(=O)C2CCCN2C(=O)[C@H](N)C(c2ccccc2)c2ccccc2)c1. The predicted molar refractivity (Wildman–Crippen MR) is 130 cm³/mol. The maximum atomic E-state index is 13.6. The fourth-order valence-corrected chi connectivity index (χ4v) is 4.69. The predicted octanol–water partition coefficient (Wildman–Crippen LogP) is 3.76. The minimum Gasteiger partial charge on any atom is -0.350 e. The molecule has 2 atom stereocenters. The van der Waals surface area contributed by atoms with Crippen LogP contribution < -0.4 is 11.1 Å². The van der Waals surface area contributed by atoms with Gasteiger partial charge in [0.15, 0.2) is 0 Å². The average Bonchev–Trinajstić information content (AvgIpc) is 3.34. The fraction of sp³-hybridized carbons (Fsp3) is 0.286. The molecule has 0 bridgehead atoms. The molecule has 0 saturated carbocycles. The topological polar surface area (TPSA) is 75.4 Å². The van der Waals surface area contributed by atoms with E-state index in [0.29, 0.717) is 19.5 Å². The molecule has 3 aromatic rings. The third kappa shape index (κ3) is 5.32. The van der Waals surface area contributed by atoms with Gasteiger partial charge >= 0.3 is 0 Å². The number of nitrogens with zero attached hydrogens (tertiary/aromatic N) is 1. The summed E-state index contributed by atoms with van der Waals surface area (Å²) < 4.78 is 0. The van der Waals surface area contributed by atoms with Crippen molar-refractivity contribution in [1.82, 2.24) is 10.2 Å². The number of hydrogen-bond donors (Lipinski definition) is 2. The van der Waals surface area contributed by atoms with Crippen LogP contribution in [0.4, 0.5) is 0 Å². The lowest BCUT2D eigenvalue weighted by Gasteiger charge is -2.31. The number of nitrogens with two attached hydrogens (primary N) is 1. The van der Waals surface area contributed by atoms with Crippen LogP contribution in [0, 0.1) is 6.92 Å². The Morgan fingerprint density at radius 1 is 0.970 bits per heavy atom. The van der Waals surface area contributed by atoms with Crippen LogP contribution in [0.25, 0.3) is 0 Å². The monoisotopic (exact) mass is 441 g/mol. The van der Waals surface area contributed by atoms with Crippen molar-refractivity contribution in [2.75, 3.05) is 6.54 Å². The van der Waals surface area contributed by atoms with E-state index in [4.69, 9.17) is 5.73 Å². The molecule has 2 amide bonds. The van der Waals surface area contributed by atoms with Crippen LogP contribution in [-0.4, -0.2) is 35.3 Å². The maximum Gasteiger partial charge on any atom is 0.243 e. The summed E-state index contributed by atoms with van der Waals surface area (Å²) in [5.74, 6) is -0.581. The lowest BCUT2D eigenvalue weighted by molar-refractivity contribution is -0.139. The van der Waals surface area contributed by atoms with E-state index in [1.165, 1.54) is 0 Å². The minimum absolute atomic E-state index is 0.120. The molecule has 0 spiro atoms. The highest BCUT2D eigenvalue weighted by molar-refractivity contribution is 5.91. The molecule has 0 aliphatic carbocycles. The van der Waals surface area contributed by atoms with Crippen LogP contribution in [0.3, 0.4) is 0 Å². The summed E-state index contributed by atoms with van der Waals surface area (Å²) in [5, 5.41) is 3.01. The van der Waals surface area contributed by atoms with Gasteiger partial charge in [0, 0.05) is 19.0 Å². The molecule has 0 aromatic heterocycles. The van der Waals surface area contributed by atoms with Crippen LogP contribution in [0.1, 0.15) is 41.0 Å². The summed E-state index contributed by atoms with van der Waals surface area (Å²) in [6, 6.07) is 26.5. The van der Waals surface area contributed by atoms with Crippen molar-refractivity contribution in [1.29, 1.82) is 0 Å². The molecular formula is C28H31N3O2. The van der Waals surface area contributed by atoms with E-state index in [2.05, 4.69) is 11.4 Å². The molecule has 1 heterocycles. The van der Waals surface area contributed by atoms with Crippen LogP contribution >= 0.6 is 0 Å². The zero-order valence-corrected chi connectivity index (χ0v) is 19.0. The van der Waals surface area contributed by atoms with Crippen molar-refractivity contribution in [2.24, 2.45) is 5.73 Å². The molecule has 5 nitrogen and oxygen atoms in total. The molecule has 33 heavy (non-hydrogen) atoms. The maximum absolute atomic E-state index is 13.6. The zero-order chi connectivity index (χ0) is 23.2. The normalized spacial score (nSPS) is 16.6. The third-order valence-corrected chi connectivity index (χ3v) is 6.35. The molecule has 5 heteroatoms. The van der Waals surface area contributed by atoms with Gasteiger partial charge in [-0.05, 0) is 36.5 Å².